The van der Waals surface area contributed by atoms with Crippen LogP contribution in [0.1, 0.15) is 31.7 Å². The summed E-state index contributed by atoms with van der Waals surface area (Å²) in [6.07, 6.45) is -1.45. The second-order valence-electron chi connectivity index (χ2n) is 10.2. The number of aliphatic hydroxyl groups is 1. The molecule has 2 aliphatic rings. The van der Waals surface area contributed by atoms with Crippen LogP contribution in [0, 0.1) is 0 Å². The molecule has 2 atom stereocenters. The summed E-state index contributed by atoms with van der Waals surface area (Å²) in [5.74, 6) is 0. The number of sulfonamides is 2. The third-order valence-corrected chi connectivity index (χ3v) is 11.3. The molecule has 1 heterocycles. The molecule has 0 spiro atoms. The van der Waals surface area contributed by atoms with Crippen molar-refractivity contribution in [3.63, 3.8) is 0 Å². The van der Waals surface area contributed by atoms with Gasteiger partial charge in [-0.05, 0) is 49.6 Å². The van der Waals surface area contributed by atoms with E-state index in [0.717, 1.165) is 12.7 Å². The fourth-order valence-corrected chi connectivity index (χ4v) is 8.19. The lowest BCUT2D eigenvalue weighted by atomic mass is 9.92. The number of halogens is 3. The first-order valence-electron chi connectivity index (χ1n) is 12.4. The lowest BCUT2D eigenvalue weighted by molar-refractivity contribution is -0.258. The molecule has 216 valence electrons. The molecule has 4 rings (SSSR count). The Balaban J connectivity index is 1.68. The van der Waals surface area contributed by atoms with Gasteiger partial charge in [-0.25, -0.2) is 16.8 Å². The summed E-state index contributed by atoms with van der Waals surface area (Å²) >= 11 is 4.30. The molecule has 0 aromatic heterocycles. The maximum Gasteiger partial charge on any atom is 0.421 e. The molecule has 1 aliphatic heterocycles. The molecule has 1 aliphatic carbocycles. The van der Waals surface area contributed by atoms with Crippen LogP contribution in [-0.2, 0) is 25.6 Å². The fourth-order valence-electron chi connectivity index (χ4n) is 4.93. The zero-order valence-corrected chi connectivity index (χ0v) is 24.1. The van der Waals surface area contributed by atoms with Crippen LogP contribution in [0.4, 0.5) is 18.9 Å². The number of thiol groups is 1. The van der Waals surface area contributed by atoms with E-state index in [4.69, 9.17) is 0 Å². The van der Waals surface area contributed by atoms with E-state index in [1.54, 1.807) is 18.2 Å². The van der Waals surface area contributed by atoms with Crippen LogP contribution in [0.3, 0.4) is 0 Å². The predicted molar refractivity (Wildman–Crippen MR) is 145 cm³/mol. The molecule has 0 bridgehead atoms. The summed E-state index contributed by atoms with van der Waals surface area (Å²) < 4.78 is 95.2. The SMILES string of the molecule is CC(O)(c1ccc(N2CCN(S(=O)(=O)c3ccccc3S)C[C@@H]2CN(C2CCC2)S(C)(=O)=O)cc1)C(F)(F)F. The van der Waals surface area contributed by atoms with Gasteiger partial charge in [-0.1, -0.05) is 30.7 Å². The topological polar surface area (TPSA) is 98.2 Å². The standard InChI is InChI=1S/C25H32F3N3O5S3/c1-24(32,25(26,27)28)18-10-12-19(13-11-18)30-15-14-29(39(35,36)23-9-4-3-8-22(23)37)16-21(30)17-31(38(2,33)34)20-6-5-7-20/h3-4,8-13,20-21,32,37H,5-7,14-17H2,1-2H3/t21-,24?/m1/s1. The molecule has 0 radical (unpaired) electrons. The number of anilines is 1. The van der Waals surface area contributed by atoms with Gasteiger partial charge in [0, 0.05) is 42.8 Å². The molecule has 2 aromatic carbocycles. The van der Waals surface area contributed by atoms with Crippen LogP contribution in [-0.4, -0.2) is 81.2 Å². The number of hydrogen-bond acceptors (Lipinski definition) is 7. The second kappa shape index (κ2) is 10.9. The summed E-state index contributed by atoms with van der Waals surface area (Å²) in [4.78, 5) is 2.15. The number of piperazine rings is 1. The maximum atomic E-state index is 13.5. The van der Waals surface area contributed by atoms with Gasteiger partial charge < -0.3 is 10.0 Å². The molecule has 1 saturated carbocycles. The number of hydrogen-bond donors (Lipinski definition) is 2. The van der Waals surface area contributed by atoms with Crippen molar-refractivity contribution < 1.29 is 35.1 Å². The Hall–Kier alpha value is -1.84. The quantitative estimate of drug-likeness (QED) is 0.447. The van der Waals surface area contributed by atoms with E-state index in [1.165, 1.54) is 38.9 Å². The first-order chi connectivity index (χ1) is 18.0. The Kier molecular flexibility index (Phi) is 8.39. The highest BCUT2D eigenvalue weighted by molar-refractivity contribution is 7.90. The molecule has 1 N–H and O–H groups in total. The highest BCUT2D eigenvalue weighted by Gasteiger charge is 2.51. The van der Waals surface area contributed by atoms with Crippen molar-refractivity contribution in [2.24, 2.45) is 0 Å². The summed E-state index contributed by atoms with van der Waals surface area (Å²) in [7, 11) is -7.57. The molecular weight excluding hydrogens is 575 g/mol. The second-order valence-corrected chi connectivity index (χ2v) is 14.5. The Morgan fingerprint density at radius 1 is 1.03 bits per heavy atom. The van der Waals surface area contributed by atoms with E-state index in [1.807, 2.05) is 4.90 Å². The molecule has 1 unspecified atom stereocenters. The average molecular weight is 608 g/mol. The molecule has 1 saturated heterocycles. The molecule has 8 nitrogen and oxygen atoms in total. The van der Waals surface area contributed by atoms with Crippen molar-refractivity contribution in [1.29, 1.82) is 0 Å². The minimum Gasteiger partial charge on any atom is -0.376 e. The van der Waals surface area contributed by atoms with Crippen molar-refractivity contribution in [1.82, 2.24) is 8.61 Å². The van der Waals surface area contributed by atoms with Crippen LogP contribution in [0.5, 0.6) is 0 Å². The Bertz CT molecular complexity index is 1400. The monoisotopic (exact) mass is 607 g/mol. The van der Waals surface area contributed by atoms with Gasteiger partial charge in [0.15, 0.2) is 5.60 Å². The van der Waals surface area contributed by atoms with Gasteiger partial charge in [0.05, 0.1) is 17.2 Å². The Morgan fingerprint density at radius 2 is 1.64 bits per heavy atom. The van der Waals surface area contributed by atoms with E-state index < -0.39 is 37.9 Å². The van der Waals surface area contributed by atoms with Gasteiger partial charge in [0.1, 0.15) is 0 Å². The number of nitrogens with zero attached hydrogens (tertiary/aromatic N) is 3. The third kappa shape index (κ3) is 6.10. The smallest absolute Gasteiger partial charge is 0.376 e. The lowest BCUT2D eigenvalue weighted by Crippen LogP contribution is -2.60. The molecule has 14 heteroatoms. The van der Waals surface area contributed by atoms with Gasteiger partial charge in [-0.3, -0.25) is 0 Å². The predicted octanol–water partition coefficient (Wildman–Crippen LogP) is 3.44. The summed E-state index contributed by atoms with van der Waals surface area (Å²) in [6.45, 7) is 0.906. The molecule has 2 fully saturated rings. The van der Waals surface area contributed by atoms with E-state index >= 15 is 0 Å². The fraction of sp³-hybridized carbons (Fsp3) is 0.520. The van der Waals surface area contributed by atoms with Gasteiger partial charge in [0.2, 0.25) is 20.0 Å². The molecule has 2 aromatic rings. The molecule has 39 heavy (non-hydrogen) atoms. The zero-order chi connectivity index (χ0) is 28.8. The van der Waals surface area contributed by atoms with Crippen LogP contribution >= 0.6 is 12.6 Å². The van der Waals surface area contributed by atoms with Crippen molar-refractivity contribution in [2.45, 2.75) is 59.8 Å². The largest absolute Gasteiger partial charge is 0.421 e. The molecule has 0 amide bonds. The van der Waals surface area contributed by atoms with E-state index in [9.17, 15) is 35.1 Å². The van der Waals surface area contributed by atoms with Crippen molar-refractivity contribution in [3.8, 4) is 0 Å². The minimum atomic E-state index is -4.88. The summed E-state index contributed by atoms with van der Waals surface area (Å²) in [5, 5.41) is 10.0. The van der Waals surface area contributed by atoms with Crippen LogP contribution in [0.15, 0.2) is 58.3 Å². The maximum absolute atomic E-state index is 13.5. The highest BCUT2D eigenvalue weighted by atomic mass is 32.2. The van der Waals surface area contributed by atoms with E-state index in [-0.39, 0.29) is 47.6 Å². The lowest BCUT2D eigenvalue weighted by Gasteiger charge is -2.46. The van der Waals surface area contributed by atoms with Crippen molar-refractivity contribution >= 4 is 38.4 Å². The van der Waals surface area contributed by atoms with Gasteiger partial charge >= 0.3 is 6.18 Å². The Morgan fingerprint density at radius 3 is 2.15 bits per heavy atom. The van der Waals surface area contributed by atoms with Crippen LogP contribution in [0.2, 0.25) is 0 Å². The van der Waals surface area contributed by atoms with Crippen LogP contribution in [0.25, 0.3) is 0 Å². The first kappa shape index (κ1) is 30.1. The van der Waals surface area contributed by atoms with Gasteiger partial charge in [-0.2, -0.15) is 21.8 Å². The first-order valence-corrected chi connectivity index (χ1v) is 16.2. The van der Waals surface area contributed by atoms with E-state index in [2.05, 4.69) is 12.6 Å². The minimum absolute atomic E-state index is 0.0139. The van der Waals surface area contributed by atoms with Gasteiger partial charge in [-0.15, -0.1) is 12.6 Å². The third-order valence-electron chi connectivity index (χ3n) is 7.54. The molecular formula is C25H32F3N3O5S3. The zero-order valence-electron chi connectivity index (χ0n) is 21.5. The van der Waals surface area contributed by atoms with Gasteiger partial charge in [0.25, 0.3) is 0 Å². The highest BCUT2D eigenvalue weighted by Crippen LogP contribution is 2.39. The number of alkyl halides is 3. The number of benzene rings is 2. The van der Waals surface area contributed by atoms with Crippen molar-refractivity contribution in [3.05, 3.63) is 54.1 Å². The number of rotatable bonds is 8. The summed E-state index contributed by atoms with van der Waals surface area (Å²) in [5.41, 5.74) is -2.89. The van der Waals surface area contributed by atoms with Crippen LogP contribution < -0.4 is 4.90 Å². The normalized spacial score (nSPS) is 21.5. The Labute approximate surface area is 232 Å². The van der Waals surface area contributed by atoms with Crippen molar-refractivity contribution in [2.75, 3.05) is 37.3 Å². The van der Waals surface area contributed by atoms with E-state index in [0.29, 0.717) is 25.5 Å². The summed E-state index contributed by atoms with van der Waals surface area (Å²) in [6, 6.07) is 10.7. The average Bonchev–Trinajstić information content (AvgIpc) is 2.81.